The van der Waals surface area contributed by atoms with Gasteiger partial charge in [0.15, 0.2) is 0 Å². The molecule has 3 rings (SSSR count). The van der Waals surface area contributed by atoms with Crippen molar-refractivity contribution in [1.82, 2.24) is 9.88 Å². The van der Waals surface area contributed by atoms with Gasteiger partial charge in [0.05, 0.1) is 0 Å². The van der Waals surface area contributed by atoms with Gasteiger partial charge in [0.25, 0.3) is 0 Å². The smallest absolute Gasteiger partial charge is 0.131 e. The molecule has 17 heavy (non-hydrogen) atoms. The number of piperazine rings is 1. The lowest BCUT2D eigenvalue weighted by atomic mass is 10.3. The van der Waals surface area contributed by atoms with E-state index in [-0.39, 0.29) is 0 Å². The van der Waals surface area contributed by atoms with Crippen LogP contribution in [0.15, 0.2) is 18.2 Å². The fourth-order valence-electron chi connectivity index (χ4n) is 2.49. The lowest BCUT2D eigenvalue weighted by molar-refractivity contribution is 0.247. The van der Waals surface area contributed by atoms with Crippen molar-refractivity contribution >= 4 is 11.6 Å². The summed E-state index contributed by atoms with van der Waals surface area (Å²) in [5.41, 5.74) is 0. The standard InChI is InChI=1S/C13H20N4/c1-14-12-3-2-4-13(15-12)17-9-7-16(8-10-17)11-5-6-11/h2-4,11H,5-10H2,1H3,(H,14,15). The van der Waals surface area contributed by atoms with Gasteiger partial charge in [-0.05, 0) is 25.0 Å². The number of aromatic nitrogens is 1. The van der Waals surface area contributed by atoms with E-state index in [4.69, 9.17) is 0 Å². The molecule has 0 spiro atoms. The van der Waals surface area contributed by atoms with Crippen molar-refractivity contribution in [3.8, 4) is 0 Å². The number of nitrogens with one attached hydrogen (secondary N) is 1. The van der Waals surface area contributed by atoms with Gasteiger partial charge >= 0.3 is 0 Å². The maximum absolute atomic E-state index is 4.60. The highest BCUT2D eigenvalue weighted by Gasteiger charge is 2.31. The molecule has 1 aromatic rings. The van der Waals surface area contributed by atoms with Crippen molar-refractivity contribution in [2.45, 2.75) is 18.9 Å². The van der Waals surface area contributed by atoms with E-state index in [0.29, 0.717) is 0 Å². The summed E-state index contributed by atoms with van der Waals surface area (Å²) in [6.07, 6.45) is 2.82. The van der Waals surface area contributed by atoms with Crippen molar-refractivity contribution in [2.75, 3.05) is 43.4 Å². The first-order valence-electron chi connectivity index (χ1n) is 6.50. The van der Waals surface area contributed by atoms with E-state index in [1.165, 1.54) is 25.9 Å². The molecular weight excluding hydrogens is 212 g/mol. The van der Waals surface area contributed by atoms with Gasteiger partial charge in [-0.25, -0.2) is 4.98 Å². The minimum absolute atomic E-state index is 0.897. The van der Waals surface area contributed by atoms with Crippen LogP contribution in [0.2, 0.25) is 0 Å². The van der Waals surface area contributed by atoms with Gasteiger partial charge in [-0.2, -0.15) is 0 Å². The summed E-state index contributed by atoms with van der Waals surface area (Å²) in [6, 6.07) is 7.08. The average Bonchev–Trinajstić information content (AvgIpc) is 3.23. The molecule has 1 aliphatic carbocycles. The van der Waals surface area contributed by atoms with Crippen LogP contribution in [-0.2, 0) is 0 Å². The number of hydrogen-bond donors (Lipinski definition) is 1. The van der Waals surface area contributed by atoms with Crippen molar-refractivity contribution < 1.29 is 0 Å². The molecule has 0 radical (unpaired) electrons. The second-order valence-corrected chi connectivity index (χ2v) is 4.89. The third-order valence-corrected chi connectivity index (χ3v) is 3.69. The average molecular weight is 232 g/mol. The molecule has 2 aliphatic rings. The largest absolute Gasteiger partial charge is 0.373 e. The Kier molecular flexibility index (Phi) is 2.89. The molecule has 4 nitrogen and oxygen atoms in total. The van der Waals surface area contributed by atoms with Crippen LogP contribution in [0, 0.1) is 0 Å². The second kappa shape index (κ2) is 4.53. The lowest BCUT2D eigenvalue weighted by Crippen LogP contribution is -2.47. The maximum atomic E-state index is 4.60. The minimum Gasteiger partial charge on any atom is -0.373 e. The van der Waals surface area contributed by atoms with Gasteiger partial charge in [0, 0.05) is 39.3 Å². The Hall–Kier alpha value is -1.29. The number of rotatable bonds is 3. The first kappa shape index (κ1) is 10.8. The Balaban J connectivity index is 1.64. The first-order valence-corrected chi connectivity index (χ1v) is 6.50. The molecule has 0 amide bonds. The van der Waals surface area contributed by atoms with Crippen molar-refractivity contribution in [3.05, 3.63) is 18.2 Å². The normalized spacial score (nSPS) is 21.6. The summed E-state index contributed by atoms with van der Waals surface area (Å²) in [6.45, 7) is 4.60. The van der Waals surface area contributed by atoms with Gasteiger partial charge in [-0.3, -0.25) is 4.90 Å². The maximum Gasteiger partial charge on any atom is 0.131 e. The van der Waals surface area contributed by atoms with Gasteiger partial charge in [0.1, 0.15) is 11.6 Å². The summed E-state index contributed by atoms with van der Waals surface area (Å²) in [7, 11) is 1.91. The van der Waals surface area contributed by atoms with Crippen LogP contribution in [0.4, 0.5) is 11.6 Å². The van der Waals surface area contributed by atoms with Crippen LogP contribution in [-0.4, -0.2) is 49.2 Å². The molecule has 92 valence electrons. The Bertz CT molecular complexity index is 381. The molecule has 0 atom stereocenters. The van der Waals surface area contributed by atoms with E-state index in [9.17, 15) is 0 Å². The molecule has 1 aliphatic heterocycles. The van der Waals surface area contributed by atoms with Crippen molar-refractivity contribution in [3.63, 3.8) is 0 Å². The quantitative estimate of drug-likeness (QED) is 0.854. The van der Waals surface area contributed by atoms with Crippen LogP contribution < -0.4 is 10.2 Å². The third-order valence-electron chi connectivity index (χ3n) is 3.69. The zero-order chi connectivity index (χ0) is 11.7. The van der Waals surface area contributed by atoms with Gasteiger partial charge in [0.2, 0.25) is 0 Å². The number of nitrogens with zero attached hydrogens (tertiary/aromatic N) is 3. The number of hydrogen-bond acceptors (Lipinski definition) is 4. The molecule has 2 fully saturated rings. The van der Waals surface area contributed by atoms with Crippen LogP contribution in [0.5, 0.6) is 0 Å². The topological polar surface area (TPSA) is 31.4 Å². The number of anilines is 2. The van der Waals surface area contributed by atoms with E-state index in [2.05, 4.69) is 32.2 Å². The molecule has 4 heteroatoms. The Morgan fingerprint density at radius 2 is 1.94 bits per heavy atom. The minimum atomic E-state index is 0.897. The highest BCUT2D eigenvalue weighted by atomic mass is 15.3. The van der Waals surface area contributed by atoms with E-state index in [1.807, 2.05) is 13.1 Å². The van der Waals surface area contributed by atoms with Crippen LogP contribution in [0.3, 0.4) is 0 Å². The summed E-state index contributed by atoms with van der Waals surface area (Å²) in [5, 5.41) is 3.10. The molecular formula is C13H20N4. The molecule has 1 N–H and O–H groups in total. The van der Waals surface area contributed by atoms with Gasteiger partial charge in [-0.15, -0.1) is 0 Å². The lowest BCUT2D eigenvalue weighted by Gasteiger charge is -2.35. The fourth-order valence-corrected chi connectivity index (χ4v) is 2.49. The Morgan fingerprint density at radius 1 is 1.18 bits per heavy atom. The summed E-state index contributed by atoms with van der Waals surface area (Å²) < 4.78 is 0. The molecule has 2 heterocycles. The fraction of sp³-hybridized carbons (Fsp3) is 0.615. The van der Waals surface area contributed by atoms with E-state index < -0.39 is 0 Å². The second-order valence-electron chi connectivity index (χ2n) is 4.89. The van der Waals surface area contributed by atoms with Crippen molar-refractivity contribution in [2.24, 2.45) is 0 Å². The predicted molar refractivity (Wildman–Crippen MR) is 70.6 cm³/mol. The zero-order valence-electron chi connectivity index (χ0n) is 10.4. The predicted octanol–water partition coefficient (Wildman–Crippen LogP) is 1.41. The molecule has 1 saturated carbocycles. The van der Waals surface area contributed by atoms with E-state index >= 15 is 0 Å². The van der Waals surface area contributed by atoms with Gasteiger partial charge in [-0.1, -0.05) is 6.07 Å². The van der Waals surface area contributed by atoms with E-state index in [1.54, 1.807) is 0 Å². The highest BCUT2D eigenvalue weighted by Crippen LogP contribution is 2.28. The molecule has 0 aromatic carbocycles. The molecule has 0 bridgehead atoms. The Morgan fingerprint density at radius 3 is 2.59 bits per heavy atom. The summed E-state index contributed by atoms with van der Waals surface area (Å²) in [4.78, 5) is 9.61. The van der Waals surface area contributed by atoms with Gasteiger partial charge < -0.3 is 10.2 Å². The van der Waals surface area contributed by atoms with Crippen LogP contribution in [0.1, 0.15) is 12.8 Å². The first-order chi connectivity index (χ1) is 8.36. The summed E-state index contributed by atoms with van der Waals surface area (Å²) >= 11 is 0. The molecule has 1 saturated heterocycles. The highest BCUT2D eigenvalue weighted by molar-refractivity contribution is 5.47. The van der Waals surface area contributed by atoms with E-state index in [0.717, 1.165) is 30.8 Å². The number of pyridine rings is 1. The zero-order valence-corrected chi connectivity index (χ0v) is 10.4. The van der Waals surface area contributed by atoms with Crippen molar-refractivity contribution in [1.29, 1.82) is 0 Å². The molecule has 1 aromatic heterocycles. The van der Waals surface area contributed by atoms with Crippen LogP contribution in [0.25, 0.3) is 0 Å². The SMILES string of the molecule is CNc1cccc(N2CCN(C3CC3)CC2)n1. The molecule has 0 unspecified atom stereocenters. The Labute approximate surface area is 103 Å². The third kappa shape index (κ3) is 2.36. The van der Waals surface area contributed by atoms with Crippen LogP contribution >= 0.6 is 0 Å². The monoisotopic (exact) mass is 232 g/mol. The summed E-state index contributed by atoms with van der Waals surface area (Å²) in [5.74, 6) is 2.06.